The Hall–Kier alpha value is -3.15. The summed E-state index contributed by atoms with van der Waals surface area (Å²) in [4.78, 5) is 18.8. The third-order valence-electron chi connectivity index (χ3n) is 5.99. The number of benzene rings is 1. The monoisotopic (exact) mass is 402 g/mol. The molecule has 154 valence electrons. The molecular formula is C24H26N4O2. The first-order valence-corrected chi connectivity index (χ1v) is 10.6. The second-order valence-electron chi connectivity index (χ2n) is 8.38. The fraction of sp³-hybridized carbons (Fsp3) is 0.375. The fourth-order valence-electron chi connectivity index (χ4n) is 4.32. The van der Waals surface area contributed by atoms with Gasteiger partial charge in [-0.1, -0.05) is 6.07 Å². The zero-order chi connectivity index (χ0) is 20.8. The zero-order valence-electron chi connectivity index (χ0n) is 17.6. The third-order valence-corrected chi connectivity index (χ3v) is 5.99. The number of amides is 1. The van der Waals surface area contributed by atoms with E-state index in [4.69, 9.17) is 4.74 Å². The van der Waals surface area contributed by atoms with Gasteiger partial charge < -0.3 is 9.64 Å². The number of ether oxygens (including phenoxy) is 1. The van der Waals surface area contributed by atoms with Gasteiger partial charge in [0.2, 0.25) is 11.8 Å². The van der Waals surface area contributed by atoms with Gasteiger partial charge in [-0.05, 0) is 57.7 Å². The second kappa shape index (κ2) is 7.27. The highest BCUT2D eigenvalue weighted by Gasteiger charge is 2.31. The Labute approximate surface area is 176 Å². The maximum atomic E-state index is 12.4. The van der Waals surface area contributed by atoms with E-state index in [2.05, 4.69) is 23.2 Å². The van der Waals surface area contributed by atoms with Crippen molar-refractivity contribution in [2.75, 3.05) is 4.90 Å². The van der Waals surface area contributed by atoms with Gasteiger partial charge >= 0.3 is 0 Å². The molecule has 1 fully saturated rings. The highest BCUT2D eigenvalue weighted by Crippen LogP contribution is 2.45. The molecular weight excluding hydrogens is 376 g/mol. The summed E-state index contributed by atoms with van der Waals surface area (Å²) in [7, 11) is 0. The van der Waals surface area contributed by atoms with E-state index >= 15 is 0 Å². The van der Waals surface area contributed by atoms with Crippen LogP contribution in [-0.2, 0) is 11.2 Å². The summed E-state index contributed by atoms with van der Waals surface area (Å²) >= 11 is 0. The molecule has 1 aliphatic carbocycles. The number of rotatable bonds is 4. The molecule has 2 aliphatic rings. The molecule has 2 aromatic heterocycles. The normalized spacial score (nSPS) is 18.2. The van der Waals surface area contributed by atoms with Gasteiger partial charge in [-0.25, -0.2) is 4.98 Å². The van der Waals surface area contributed by atoms with Crippen molar-refractivity contribution in [1.82, 2.24) is 14.8 Å². The number of pyridine rings is 1. The van der Waals surface area contributed by atoms with E-state index < -0.39 is 0 Å². The smallest absolute Gasteiger partial charge is 0.224 e. The van der Waals surface area contributed by atoms with Gasteiger partial charge in [-0.2, -0.15) is 5.10 Å². The summed E-state index contributed by atoms with van der Waals surface area (Å²) in [6.45, 7) is 5.68. The molecule has 1 unspecified atom stereocenters. The molecule has 6 nitrogen and oxygen atoms in total. The van der Waals surface area contributed by atoms with Gasteiger partial charge in [0, 0.05) is 47.6 Å². The van der Waals surface area contributed by atoms with E-state index in [-0.39, 0.29) is 11.9 Å². The molecule has 30 heavy (non-hydrogen) atoms. The molecule has 1 aromatic carbocycles. The van der Waals surface area contributed by atoms with Crippen LogP contribution in [0, 0.1) is 6.92 Å². The van der Waals surface area contributed by atoms with Crippen LogP contribution >= 0.6 is 0 Å². The minimum atomic E-state index is 0.0531. The summed E-state index contributed by atoms with van der Waals surface area (Å²) in [6.07, 6.45) is 8.14. The van der Waals surface area contributed by atoms with Crippen LogP contribution in [0.2, 0.25) is 0 Å². The SMILES string of the molecule is CC(=O)N1c2ccc(-c3cnn(C4CC4)c3)c(Oc3cccc(C)n3)c2CCC1C. The second-order valence-corrected chi connectivity index (χ2v) is 8.38. The minimum absolute atomic E-state index is 0.0531. The van der Waals surface area contributed by atoms with Gasteiger partial charge in [0.05, 0.1) is 17.9 Å². The third kappa shape index (κ3) is 3.36. The number of carbonyl (C=O) groups excluding carboxylic acids is 1. The standard InChI is InChI=1S/C24H26N4O2/c1-15-5-4-6-23(26-15)30-24-20(18-13-25-27(14-18)19-8-9-19)11-12-22-21(24)10-7-16(2)28(22)17(3)29/h4-6,11-14,16,19H,7-10H2,1-3H3. The molecule has 1 saturated carbocycles. The minimum Gasteiger partial charge on any atom is -0.438 e. The van der Waals surface area contributed by atoms with Gasteiger partial charge in [0.1, 0.15) is 5.75 Å². The number of hydrogen-bond donors (Lipinski definition) is 0. The summed E-state index contributed by atoms with van der Waals surface area (Å²) in [5.74, 6) is 1.39. The van der Waals surface area contributed by atoms with Crippen molar-refractivity contribution in [3.63, 3.8) is 0 Å². The van der Waals surface area contributed by atoms with Crippen LogP contribution in [0.1, 0.15) is 50.4 Å². The Balaban J connectivity index is 1.65. The molecule has 3 heterocycles. The molecule has 0 spiro atoms. The zero-order valence-corrected chi connectivity index (χ0v) is 17.6. The molecule has 3 aromatic rings. The Morgan fingerprint density at radius 3 is 2.73 bits per heavy atom. The Morgan fingerprint density at radius 2 is 2.00 bits per heavy atom. The number of nitrogens with zero attached hydrogens (tertiary/aromatic N) is 4. The van der Waals surface area contributed by atoms with Crippen LogP contribution in [0.4, 0.5) is 5.69 Å². The lowest BCUT2D eigenvalue weighted by molar-refractivity contribution is -0.117. The number of aromatic nitrogens is 3. The summed E-state index contributed by atoms with van der Waals surface area (Å²) in [6, 6.07) is 10.6. The average molecular weight is 402 g/mol. The molecule has 1 aliphatic heterocycles. The fourth-order valence-corrected chi connectivity index (χ4v) is 4.32. The lowest BCUT2D eigenvalue weighted by atomic mass is 9.92. The van der Waals surface area contributed by atoms with Crippen LogP contribution < -0.4 is 9.64 Å². The number of hydrogen-bond acceptors (Lipinski definition) is 4. The van der Waals surface area contributed by atoms with Crippen LogP contribution in [0.15, 0.2) is 42.7 Å². The number of anilines is 1. The van der Waals surface area contributed by atoms with E-state index in [1.54, 1.807) is 6.92 Å². The molecule has 0 radical (unpaired) electrons. The highest BCUT2D eigenvalue weighted by atomic mass is 16.5. The maximum absolute atomic E-state index is 12.4. The van der Waals surface area contributed by atoms with Gasteiger partial charge in [-0.3, -0.25) is 9.48 Å². The van der Waals surface area contributed by atoms with Gasteiger partial charge in [0.15, 0.2) is 0 Å². The number of fused-ring (bicyclic) bond motifs is 1. The van der Waals surface area contributed by atoms with Crippen molar-refractivity contribution in [2.24, 2.45) is 0 Å². The molecule has 6 heteroatoms. The first-order valence-electron chi connectivity index (χ1n) is 10.6. The lowest BCUT2D eigenvalue weighted by Gasteiger charge is -2.35. The van der Waals surface area contributed by atoms with E-state index in [1.807, 2.05) is 53.0 Å². The molecule has 0 bridgehead atoms. The molecule has 0 N–H and O–H groups in total. The van der Waals surface area contributed by atoms with Crippen molar-refractivity contribution in [2.45, 2.75) is 58.5 Å². The topological polar surface area (TPSA) is 60.2 Å². The average Bonchev–Trinajstić information content (AvgIpc) is 3.45. The maximum Gasteiger partial charge on any atom is 0.224 e. The van der Waals surface area contributed by atoms with E-state index in [0.717, 1.165) is 46.7 Å². The summed E-state index contributed by atoms with van der Waals surface area (Å²) in [5, 5.41) is 4.57. The quantitative estimate of drug-likeness (QED) is 0.611. The number of carbonyl (C=O) groups is 1. The van der Waals surface area contributed by atoms with Crippen molar-refractivity contribution >= 4 is 11.6 Å². The molecule has 0 saturated heterocycles. The highest BCUT2D eigenvalue weighted by molar-refractivity contribution is 5.95. The van der Waals surface area contributed by atoms with E-state index in [0.29, 0.717) is 11.9 Å². The van der Waals surface area contributed by atoms with Crippen molar-refractivity contribution in [1.29, 1.82) is 0 Å². The first kappa shape index (κ1) is 18.9. The molecule has 5 rings (SSSR count). The summed E-state index contributed by atoms with van der Waals surface area (Å²) < 4.78 is 8.45. The summed E-state index contributed by atoms with van der Waals surface area (Å²) in [5.41, 5.74) is 4.91. The van der Waals surface area contributed by atoms with Crippen LogP contribution in [0.5, 0.6) is 11.6 Å². The molecule has 1 amide bonds. The number of aryl methyl sites for hydroxylation is 1. The first-order chi connectivity index (χ1) is 14.5. The van der Waals surface area contributed by atoms with Gasteiger partial charge in [-0.15, -0.1) is 0 Å². The van der Waals surface area contributed by atoms with Gasteiger partial charge in [0.25, 0.3) is 0 Å². The van der Waals surface area contributed by atoms with Crippen molar-refractivity contribution in [3.05, 3.63) is 54.0 Å². The predicted molar refractivity (Wildman–Crippen MR) is 116 cm³/mol. The van der Waals surface area contributed by atoms with Crippen LogP contribution in [0.25, 0.3) is 11.1 Å². The van der Waals surface area contributed by atoms with Crippen molar-refractivity contribution < 1.29 is 9.53 Å². The Kier molecular flexibility index (Phi) is 4.57. The Bertz CT molecular complexity index is 1120. The molecule has 1 atom stereocenters. The lowest BCUT2D eigenvalue weighted by Crippen LogP contribution is -2.40. The van der Waals surface area contributed by atoms with Crippen LogP contribution in [-0.4, -0.2) is 26.7 Å². The largest absolute Gasteiger partial charge is 0.438 e. The van der Waals surface area contributed by atoms with E-state index in [1.165, 1.54) is 12.8 Å². The van der Waals surface area contributed by atoms with Crippen molar-refractivity contribution in [3.8, 4) is 22.8 Å². The predicted octanol–water partition coefficient (Wildman–Crippen LogP) is 5.07. The Morgan fingerprint density at radius 1 is 1.17 bits per heavy atom. The van der Waals surface area contributed by atoms with E-state index in [9.17, 15) is 4.79 Å². The van der Waals surface area contributed by atoms with Crippen LogP contribution in [0.3, 0.4) is 0 Å².